The summed E-state index contributed by atoms with van der Waals surface area (Å²) in [5.41, 5.74) is 8.48. The molecule has 116 valence electrons. The quantitative estimate of drug-likeness (QED) is 0.788. The van der Waals surface area contributed by atoms with Gasteiger partial charge in [0.25, 0.3) is 0 Å². The van der Waals surface area contributed by atoms with Gasteiger partial charge in [0.05, 0.1) is 11.3 Å². The van der Waals surface area contributed by atoms with Crippen molar-refractivity contribution in [1.29, 1.82) is 5.26 Å². The van der Waals surface area contributed by atoms with E-state index in [4.69, 9.17) is 5.73 Å². The summed E-state index contributed by atoms with van der Waals surface area (Å²) in [6.45, 7) is 11.4. The molecule has 0 spiro atoms. The number of nitrogens with two attached hydrogens (primary N) is 1. The first kappa shape index (κ1) is 17.5. The Morgan fingerprint density at radius 2 is 1.67 bits per heavy atom. The monoisotopic (exact) mass is 287 g/mol. The summed E-state index contributed by atoms with van der Waals surface area (Å²) in [5.74, 6) is 1.33. The van der Waals surface area contributed by atoms with E-state index in [-0.39, 0.29) is 0 Å². The largest absolute Gasteiger partial charge is 0.370 e. The van der Waals surface area contributed by atoms with E-state index in [1.807, 2.05) is 12.1 Å². The van der Waals surface area contributed by atoms with E-state index >= 15 is 0 Å². The van der Waals surface area contributed by atoms with E-state index in [1.54, 1.807) is 0 Å². The molecule has 1 aromatic carbocycles. The van der Waals surface area contributed by atoms with Crippen LogP contribution in [0.3, 0.4) is 0 Å². The lowest BCUT2D eigenvalue weighted by molar-refractivity contribution is 0.535. The van der Waals surface area contributed by atoms with Crippen molar-refractivity contribution in [1.82, 2.24) is 0 Å². The molecule has 1 rings (SSSR count). The molecule has 0 aliphatic carbocycles. The first-order chi connectivity index (χ1) is 9.97. The molecule has 0 atom stereocenters. The predicted molar refractivity (Wildman–Crippen MR) is 90.2 cm³/mol. The van der Waals surface area contributed by atoms with E-state index < -0.39 is 0 Å². The Hall–Kier alpha value is -1.53. The summed E-state index contributed by atoms with van der Waals surface area (Å²) in [7, 11) is 0. The number of anilines is 1. The van der Waals surface area contributed by atoms with Gasteiger partial charge in [-0.25, -0.2) is 0 Å². The molecule has 0 saturated carbocycles. The highest BCUT2D eigenvalue weighted by molar-refractivity contribution is 5.60. The molecule has 3 nitrogen and oxygen atoms in total. The van der Waals surface area contributed by atoms with Gasteiger partial charge in [-0.1, -0.05) is 33.8 Å². The molecule has 0 saturated heterocycles. The van der Waals surface area contributed by atoms with Crippen molar-refractivity contribution >= 4 is 5.69 Å². The summed E-state index contributed by atoms with van der Waals surface area (Å²) in [5, 5.41) is 9.42. The van der Waals surface area contributed by atoms with Crippen LogP contribution in [-0.4, -0.2) is 13.1 Å². The van der Waals surface area contributed by atoms with Crippen LogP contribution in [0, 0.1) is 23.2 Å². The zero-order chi connectivity index (χ0) is 15.8. The summed E-state index contributed by atoms with van der Waals surface area (Å²) >= 11 is 0. The zero-order valence-corrected chi connectivity index (χ0v) is 13.9. The van der Waals surface area contributed by atoms with Gasteiger partial charge in [0.1, 0.15) is 6.07 Å². The number of benzene rings is 1. The lowest BCUT2D eigenvalue weighted by atomic mass is 10.0. The molecule has 0 aromatic heterocycles. The second-order valence-electron chi connectivity index (χ2n) is 6.52. The maximum Gasteiger partial charge on any atom is 0.101 e. The van der Waals surface area contributed by atoms with Gasteiger partial charge in [-0.15, -0.1) is 0 Å². The standard InChI is InChI=1S/C18H29N3/c1-14(2)7-9-21(10-8-15(3)4)18-6-5-16(12-19)11-17(18)13-20/h5-6,11,14-15H,7-10,12,19H2,1-4H3. The SMILES string of the molecule is CC(C)CCN(CCC(C)C)c1ccc(CN)cc1C#N. The molecule has 0 unspecified atom stereocenters. The van der Waals surface area contributed by atoms with Crippen molar-refractivity contribution in [3.05, 3.63) is 29.3 Å². The molecule has 1 aromatic rings. The van der Waals surface area contributed by atoms with Crippen LogP contribution >= 0.6 is 0 Å². The van der Waals surface area contributed by atoms with E-state index in [1.165, 1.54) is 0 Å². The highest BCUT2D eigenvalue weighted by atomic mass is 15.1. The molecule has 0 heterocycles. The highest BCUT2D eigenvalue weighted by Crippen LogP contribution is 2.23. The predicted octanol–water partition coefficient (Wildman–Crippen LogP) is 3.92. The molecule has 0 bridgehead atoms. The fourth-order valence-electron chi connectivity index (χ4n) is 2.26. The lowest BCUT2D eigenvalue weighted by Crippen LogP contribution is -2.28. The second kappa shape index (κ2) is 8.69. The zero-order valence-electron chi connectivity index (χ0n) is 13.9. The molecule has 0 fully saturated rings. The second-order valence-corrected chi connectivity index (χ2v) is 6.52. The van der Waals surface area contributed by atoms with Crippen molar-refractivity contribution < 1.29 is 0 Å². The van der Waals surface area contributed by atoms with Crippen molar-refractivity contribution in [2.24, 2.45) is 17.6 Å². The summed E-state index contributed by atoms with van der Waals surface area (Å²) in [6.07, 6.45) is 2.28. The topological polar surface area (TPSA) is 53.0 Å². The average molecular weight is 287 g/mol. The van der Waals surface area contributed by atoms with Crippen molar-refractivity contribution in [2.45, 2.75) is 47.1 Å². The van der Waals surface area contributed by atoms with Crippen LogP contribution in [0.1, 0.15) is 51.7 Å². The molecule has 21 heavy (non-hydrogen) atoms. The van der Waals surface area contributed by atoms with Crippen LogP contribution in [0.4, 0.5) is 5.69 Å². The maximum atomic E-state index is 9.42. The van der Waals surface area contributed by atoms with E-state index in [0.29, 0.717) is 18.4 Å². The van der Waals surface area contributed by atoms with Crippen LogP contribution in [0.2, 0.25) is 0 Å². The molecule has 3 heteroatoms. The minimum absolute atomic E-state index is 0.479. The van der Waals surface area contributed by atoms with Crippen LogP contribution in [0.25, 0.3) is 0 Å². The van der Waals surface area contributed by atoms with Gasteiger partial charge < -0.3 is 10.6 Å². The maximum absolute atomic E-state index is 9.42. The molecule has 2 N–H and O–H groups in total. The van der Waals surface area contributed by atoms with E-state index in [0.717, 1.165) is 42.7 Å². The lowest BCUT2D eigenvalue weighted by Gasteiger charge is -2.27. The Morgan fingerprint density at radius 3 is 2.10 bits per heavy atom. The van der Waals surface area contributed by atoms with Gasteiger partial charge in [0.2, 0.25) is 0 Å². The highest BCUT2D eigenvalue weighted by Gasteiger charge is 2.13. The molecular weight excluding hydrogens is 258 g/mol. The van der Waals surface area contributed by atoms with Crippen molar-refractivity contribution in [3.63, 3.8) is 0 Å². The minimum Gasteiger partial charge on any atom is -0.370 e. The summed E-state index contributed by atoms with van der Waals surface area (Å²) < 4.78 is 0. The fourth-order valence-corrected chi connectivity index (χ4v) is 2.26. The minimum atomic E-state index is 0.479. The van der Waals surface area contributed by atoms with E-state index in [9.17, 15) is 5.26 Å². The van der Waals surface area contributed by atoms with Crippen LogP contribution in [0.5, 0.6) is 0 Å². The average Bonchev–Trinajstić information content (AvgIpc) is 2.46. The van der Waals surface area contributed by atoms with Gasteiger partial charge in [-0.2, -0.15) is 5.26 Å². The van der Waals surface area contributed by atoms with Crippen LogP contribution < -0.4 is 10.6 Å². The van der Waals surface area contributed by atoms with Crippen molar-refractivity contribution in [2.75, 3.05) is 18.0 Å². The molecule has 0 aliphatic rings. The van der Waals surface area contributed by atoms with Crippen molar-refractivity contribution in [3.8, 4) is 6.07 Å². The molecule has 0 amide bonds. The Bertz CT molecular complexity index is 460. The van der Waals surface area contributed by atoms with E-state index in [2.05, 4.69) is 44.7 Å². The summed E-state index contributed by atoms with van der Waals surface area (Å²) in [4.78, 5) is 2.36. The Labute approximate surface area is 129 Å². The first-order valence-electron chi connectivity index (χ1n) is 7.96. The first-order valence-corrected chi connectivity index (χ1v) is 7.96. The van der Waals surface area contributed by atoms with Crippen LogP contribution in [0.15, 0.2) is 18.2 Å². The normalized spacial score (nSPS) is 11.0. The van der Waals surface area contributed by atoms with Gasteiger partial charge in [0.15, 0.2) is 0 Å². The number of rotatable bonds is 8. The molecular formula is C18H29N3. The fraction of sp³-hybridized carbons (Fsp3) is 0.611. The summed E-state index contributed by atoms with van der Waals surface area (Å²) in [6, 6.07) is 8.35. The number of nitrogens with zero attached hydrogens (tertiary/aromatic N) is 2. The third-order valence-corrected chi connectivity index (χ3v) is 3.71. The van der Waals surface area contributed by atoms with Gasteiger partial charge in [0, 0.05) is 19.6 Å². The third-order valence-electron chi connectivity index (χ3n) is 3.71. The third kappa shape index (κ3) is 5.77. The molecule has 0 aliphatic heterocycles. The van der Waals surface area contributed by atoms with Gasteiger partial charge >= 0.3 is 0 Å². The smallest absolute Gasteiger partial charge is 0.101 e. The Balaban J connectivity index is 2.97. The van der Waals surface area contributed by atoms with Gasteiger partial charge in [-0.3, -0.25) is 0 Å². The number of nitriles is 1. The Kier molecular flexibility index (Phi) is 7.25. The Morgan fingerprint density at radius 1 is 1.10 bits per heavy atom. The van der Waals surface area contributed by atoms with Crippen LogP contribution in [-0.2, 0) is 6.54 Å². The molecule has 0 radical (unpaired) electrons. The van der Waals surface area contributed by atoms with Gasteiger partial charge in [-0.05, 0) is 42.4 Å². The number of hydrogen-bond donors (Lipinski definition) is 1. The number of hydrogen-bond acceptors (Lipinski definition) is 3.